The number of hydrogen-bond acceptors (Lipinski definition) is 3. The van der Waals surface area contributed by atoms with E-state index in [1.807, 2.05) is 6.07 Å². The lowest BCUT2D eigenvalue weighted by Gasteiger charge is -2.33. The summed E-state index contributed by atoms with van der Waals surface area (Å²) in [5.41, 5.74) is 5.16. The van der Waals surface area contributed by atoms with Gasteiger partial charge in [-0.05, 0) is 49.4 Å². The molecule has 2 saturated carbocycles. The number of rotatable bonds is 7. The van der Waals surface area contributed by atoms with Crippen LogP contribution in [0, 0.1) is 34.5 Å². The highest BCUT2D eigenvalue weighted by molar-refractivity contribution is 5.80. The second kappa shape index (κ2) is 7.01. The van der Waals surface area contributed by atoms with Crippen LogP contribution in [0.1, 0.15) is 44.9 Å². The van der Waals surface area contributed by atoms with Crippen molar-refractivity contribution in [3.05, 3.63) is 0 Å². The fourth-order valence-electron chi connectivity index (χ4n) is 4.52. The maximum atomic E-state index is 14.4. The largest absolute Gasteiger partial charge is 0.351 e. The summed E-state index contributed by atoms with van der Waals surface area (Å²) in [6.45, 7) is 0.854. The summed E-state index contributed by atoms with van der Waals surface area (Å²) in [6, 6.07) is 1.37. The zero-order valence-corrected chi connectivity index (χ0v) is 14.8. The number of carbonyl (C=O) groups excluding carboxylic acids is 2. The van der Waals surface area contributed by atoms with E-state index < -0.39 is 30.2 Å². The van der Waals surface area contributed by atoms with E-state index in [9.17, 15) is 18.4 Å². The van der Waals surface area contributed by atoms with Crippen LogP contribution in [0.15, 0.2) is 0 Å². The molecule has 26 heavy (non-hydrogen) atoms. The molecule has 3 amide bonds. The molecule has 6 nitrogen and oxygen atoms in total. The van der Waals surface area contributed by atoms with Crippen LogP contribution in [-0.2, 0) is 4.79 Å². The van der Waals surface area contributed by atoms with E-state index in [2.05, 4.69) is 5.32 Å². The molecule has 3 N–H and O–H groups in total. The molecule has 0 aromatic heterocycles. The van der Waals surface area contributed by atoms with Crippen molar-refractivity contribution in [1.82, 2.24) is 10.2 Å². The Balaban J connectivity index is 1.65. The molecule has 1 heterocycles. The minimum absolute atomic E-state index is 0.0831. The van der Waals surface area contributed by atoms with Crippen molar-refractivity contribution < 1.29 is 18.4 Å². The maximum absolute atomic E-state index is 14.4. The number of primary amides is 1. The standard InChI is InChI=1S/C18H26F2N4O2/c19-18(20,9-12-1-2-12)10-13(15(25)23-6-5-21)14-11-17(14)3-7-24(8-4-17)16(22)26/h12-14H,1-4,6-11H2,(H2,22,26)(H,23,25)/t13-,14?/m0/s1. The Morgan fingerprint density at radius 1 is 1.35 bits per heavy atom. The van der Waals surface area contributed by atoms with Gasteiger partial charge in [0.2, 0.25) is 11.8 Å². The minimum Gasteiger partial charge on any atom is -0.351 e. The van der Waals surface area contributed by atoms with Crippen LogP contribution < -0.4 is 11.1 Å². The van der Waals surface area contributed by atoms with Crippen molar-refractivity contribution in [2.45, 2.75) is 50.9 Å². The second-order valence-electron chi connectivity index (χ2n) is 8.19. The maximum Gasteiger partial charge on any atom is 0.314 e. The molecule has 3 aliphatic rings. The Labute approximate surface area is 152 Å². The molecule has 3 fully saturated rings. The molecular formula is C18H26F2N4O2. The minimum atomic E-state index is -2.85. The van der Waals surface area contributed by atoms with Crippen molar-refractivity contribution in [3.63, 3.8) is 0 Å². The fourth-order valence-corrected chi connectivity index (χ4v) is 4.52. The zero-order chi connectivity index (χ0) is 18.9. The monoisotopic (exact) mass is 368 g/mol. The van der Waals surface area contributed by atoms with Gasteiger partial charge in [-0.15, -0.1) is 0 Å². The number of nitrogens with zero attached hydrogens (tertiary/aromatic N) is 2. The van der Waals surface area contributed by atoms with Crippen LogP contribution in [0.2, 0.25) is 0 Å². The van der Waals surface area contributed by atoms with Gasteiger partial charge in [0.05, 0.1) is 6.07 Å². The van der Waals surface area contributed by atoms with Gasteiger partial charge in [0.1, 0.15) is 6.54 Å². The number of nitrogens with one attached hydrogen (secondary N) is 1. The van der Waals surface area contributed by atoms with Crippen molar-refractivity contribution >= 4 is 11.9 Å². The first kappa shape index (κ1) is 18.9. The molecule has 0 radical (unpaired) electrons. The average molecular weight is 368 g/mol. The van der Waals surface area contributed by atoms with Crippen molar-refractivity contribution in [2.24, 2.45) is 28.9 Å². The van der Waals surface area contributed by atoms with E-state index in [1.54, 1.807) is 4.90 Å². The van der Waals surface area contributed by atoms with Gasteiger partial charge < -0.3 is 16.0 Å². The Morgan fingerprint density at radius 2 is 2.00 bits per heavy atom. The predicted octanol–water partition coefficient (Wildman–Crippen LogP) is 2.25. The van der Waals surface area contributed by atoms with Crippen LogP contribution in [-0.4, -0.2) is 42.4 Å². The number of hydrogen-bond donors (Lipinski definition) is 2. The summed E-state index contributed by atoms with van der Waals surface area (Å²) < 4.78 is 28.9. The smallest absolute Gasteiger partial charge is 0.314 e. The summed E-state index contributed by atoms with van der Waals surface area (Å²) in [7, 11) is 0. The first-order valence-electron chi connectivity index (χ1n) is 9.33. The highest BCUT2D eigenvalue weighted by atomic mass is 19.3. The lowest BCUT2D eigenvalue weighted by atomic mass is 9.83. The van der Waals surface area contributed by atoms with Crippen LogP contribution in [0.4, 0.5) is 13.6 Å². The molecule has 3 rings (SSSR count). The summed E-state index contributed by atoms with van der Waals surface area (Å²) >= 11 is 0. The van der Waals surface area contributed by atoms with Gasteiger partial charge in [-0.1, -0.05) is 0 Å². The molecule has 1 aliphatic heterocycles. The Bertz CT molecular complexity index is 607. The average Bonchev–Trinajstić information content (AvgIpc) is 3.49. The van der Waals surface area contributed by atoms with Crippen LogP contribution in [0.3, 0.4) is 0 Å². The van der Waals surface area contributed by atoms with E-state index in [0.717, 1.165) is 19.3 Å². The van der Waals surface area contributed by atoms with Crippen molar-refractivity contribution in [3.8, 4) is 6.07 Å². The normalized spacial score (nSPS) is 25.4. The van der Waals surface area contributed by atoms with Gasteiger partial charge in [-0.2, -0.15) is 5.26 Å². The zero-order valence-electron chi connectivity index (χ0n) is 14.8. The summed E-state index contributed by atoms with van der Waals surface area (Å²) in [5.74, 6) is -4.10. The molecule has 144 valence electrons. The fraction of sp³-hybridized carbons (Fsp3) is 0.833. The number of amides is 3. The van der Waals surface area contributed by atoms with E-state index in [-0.39, 0.29) is 30.2 Å². The number of alkyl halides is 2. The van der Waals surface area contributed by atoms with Gasteiger partial charge in [0.15, 0.2) is 0 Å². The van der Waals surface area contributed by atoms with Crippen LogP contribution in [0.25, 0.3) is 0 Å². The summed E-state index contributed by atoms with van der Waals surface area (Å²) in [5, 5.41) is 11.1. The third-order valence-electron chi connectivity index (χ3n) is 6.29. The Morgan fingerprint density at radius 3 is 2.54 bits per heavy atom. The molecule has 2 atom stereocenters. The molecule has 1 spiro atoms. The number of nitrogens with two attached hydrogens (primary N) is 1. The van der Waals surface area contributed by atoms with Crippen LogP contribution >= 0.6 is 0 Å². The number of halogens is 2. The number of likely N-dealkylation sites (tertiary alicyclic amines) is 1. The van der Waals surface area contributed by atoms with E-state index in [1.165, 1.54) is 0 Å². The molecule has 1 saturated heterocycles. The van der Waals surface area contributed by atoms with Gasteiger partial charge in [0, 0.05) is 31.8 Å². The Kier molecular flexibility index (Phi) is 5.09. The highest BCUT2D eigenvalue weighted by Gasteiger charge is 2.60. The van der Waals surface area contributed by atoms with Gasteiger partial charge in [-0.25, -0.2) is 13.6 Å². The van der Waals surface area contributed by atoms with Crippen molar-refractivity contribution in [1.29, 1.82) is 5.26 Å². The lowest BCUT2D eigenvalue weighted by Crippen LogP contribution is -2.43. The van der Waals surface area contributed by atoms with Gasteiger partial charge >= 0.3 is 6.03 Å². The molecular weight excluding hydrogens is 342 g/mol. The first-order chi connectivity index (χ1) is 12.3. The van der Waals surface area contributed by atoms with Crippen LogP contribution in [0.5, 0.6) is 0 Å². The van der Waals surface area contributed by atoms with Crippen molar-refractivity contribution in [2.75, 3.05) is 19.6 Å². The van der Waals surface area contributed by atoms with E-state index in [4.69, 9.17) is 11.0 Å². The predicted molar refractivity (Wildman–Crippen MR) is 89.9 cm³/mol. The number of urea groups is 1. The number of piperidine rings is 1. The van der Waals surface area contributed by atoms with E-state index in [0.29, 0.717) is 25.9 Å². The molecule has 8 heteroatoms. The third kappa shape index (κ3) is 4.25. The van der Waals surface area contributed by atoms with E-state index >= 15 is 0 Å². The number of carbonyl (C=O) groups is 2. The molecule has 1 unspecified atom stereocenters. The Hall–Kier alpha value is -1.91. The summed E-state index contributed by atoms with van der Waals surface area (Å²) in [6.07, 6.45) is 3.20. The van der Waals surface area contributed by atoms with Gasteiger partial charge in [0.25, 0.3) is 0 Å². The second-order valence-corrected chi connectivity index (χ2v) is 8.19. The number of nitriles is 1. The summed E-state index contributed by atoms with van der Waals surface area (Å²) in [4.78, 5) is 25.3. The third-order valence-corrected chi connectivity index (χ3v) is 6.29. The lowest BCUT2D eigenvalue weighted by molar-refractivity contribution is -0.130. The molecule has 0 aromatic rings. The first-order valence-corrected chi connectivity index (χ1v) is 9.33. The molecule has 0 aromatic carbocycles. The molecule has 2 aliphatic carbocycles. The topological polar surface area (TPSA) is 99.2 Å². The quantitative estimate of drug-likeness (QED) is 0.674. The molecule has 0 bridgehead atoms. The highest BCUT2D eigenvalue weighted by Crippen LogP contribution is 2.64. The SMILES string of the molecule is N#CCNC(=O)[C@@H](CC(F)(F)CC1CC1)C1CC12CCN(C(N)=O)CC2. The van der Waals surface area contributed by atoms with Gasteiger partial charge in [-0.3, -0.25) is 4.79 Å².